The number of nitriles is 1. The van der Waals surface area contributed by atoms with Gasteiger partial charge in [0.1, 0.15) is 5.75 Å². The molecule has 0 aliphatic rings. The van der Waals surface area contributed by atoms with Gasteiger partial charge in [0.2, 0.25) is 0 Å². The SMILES string of the molecule is Cc1cccc(C(C)C)c1NC(=O)[C@H](C)Oc1ccc(C#N)cc1. The Labute approximate surface area is 143 Å². The number of para-hydroxylation sites is 1. The summed E-state index contributed by atoms with van der Waals surface area (Å²) in [6.07, 6.45) is -0.641. The minimum Gasteiger partial charge on any atom is -0.481 e. The molecule has 2 aromatic carbocycles. The Morgan fingerprint density at radius 2 is 1.79 bits per heavy atom. The predicted molar refractivity (Wildman–Crippen MR) is 95.1 cm³/mol. The maximum atomic E-state index is 12.5. The van der Waals surface area contributed by atoms with Crippen molar-refractivity contribution in [3.8, 4) is 11.8 Å². The molecule has 0 saturated carbocycles. The lowest BCUT2D eigenvalue weighted by molar-refractivity contribution is -0.122. The van der Waals surface area contributed by atoms with Crippen molar-refractivity contribution in [3.63, 3.8) is 0 Å². The number of amides is 1. The van der Waals surface area contributed by atoms with E-state index in [0.29, 0.717) is 17.2 Å². The second-order valence-electron chi connectivity index (χ2n) is 6.08. The number of benzene rings is 2. The molecular formula is C20H22N2O2. The predicted octanol–water partition coefficient (Wildman–Crippen LogP) is 4.40. The topological polar surface area (TPSA) is 62.1 Å². The summed E-state index contributed by atoms with van der Waals surface area (Å²) in [5.41, 5.74) is 3.54. The molecule has 0 heterocycles. The van der Waals surface area contributed by atoms with Crippen LogP contribution in [0.15, 0.2) is 42.5 Å². The van der Waals surface area contributed by atoms with Crippen molar-refractivity contribution >= 4 is 11.6 Å². The van der Waals surface area contributed by atoms with E-state index in [4.69, 9.17) is 10.00 Å². The number of ether oxygens (including phenoxy) is 1. The maximum Gasteiger partial charge on any atom is 0.265 e. The highest BCUT2D eigenvalue weighted by molar-refractivity contribution is 5.95. The van der Waals surface area contributed by atoms with Gasteiger partial charge in [-0.2, -0.15) is 5.26 Å². The second kappa shape index (κ2) is 7.65. The number of nitrogens with one attached hydrogen (secondary N) is 1. The summed E-state index contributed by atoms with van der Waals surface area (Å²) in [7, 11) is 0. The van der Waals surface area contributed by atoms with Gasteiger partial charge in [-0.3, -0.25) is 4.79 Å². The Bertz CT molecular complexity index is 758. The molecule has 0 aromatic heterocycles. The van der Waals surface area contributed by atoms with E-state index >= 15 is 0 Å². The van der Waals surface area contributed by atoms with Crippen molar-refractivity contribution in [2.75, 3.05) is 5.32 Å². The Morgan fingerprint density at radius 1 is 1.12 bits per heavy atom. The van der Waals surface area contributed by atoms with Crippen molar-refractivity contribution in [3.05, 3.63) is 59.2 Å². The van der Waals surface area contributed by atoms with Gasteiger partial charge in [0.25, 0.3) is 5.91 Å². The first-order chi connectivity index (χ1) is 11.4. The van der Waals surface area contributed by atoms with Crippen LogP contribution in [-0.4, -0.2) is 12.0 Å². The van der Waals surface area contributed by atoms with Gasteiger partial charge in [-0.05, 0) is 55.2 Å². The van der Waals surface area contributed by atoms with Crippen molar-refractivity contribution in [2.24, 2.45) is 0 Å². The number of nitrogens with zero attached hydrogens (tertiary/aromatic N) is 1. The third-order valence-corrected chi connectivity index (χ3v) is 3.84. The number of anilines is 1. The van der Waals surface area contributed by atoms with E-state index < -0.39 is 6.10 Å². The van der Waals surface area contributed by atoms with E-state index in [-0.39, 0.29) is 5.91 Å². The number of hydrogen-bond donors (Lipinski definition) is 1. The van der Waals surface area contributed by atoms with E-state index in [0.717, 1.165) is 16.8 Å². The molecule has 1 N–H and O–H groups in total. The lowest BCUT2D eigenvalue weighted by atomic mass is 9.98. The Hall–Kier alpha value is -2.80. The molecular weight excluding hydrogens is 300 g/mol. The van der Waals surface area contributed by atoms with Gasteiger partial charge in [0.05, 0.1) is 11.6 Å². The molecule has 0 saturated heterocycles. The fraction of sp³-hybridized carbons (Fsp3) is 0.300. The van der Waals surface area contributed by atoms with Gasteiger partial charge in [0, 0.05) is 5.69 Å². The standard InChI is InChI=1S/C20H22N2O2/c1-13(2)18-7-5-6-14(3)19(18)22-20(23)15(4)24-17-10-8-16(12-21)9-11-17/h5-11,13,15H,1-4H3,(H,22,23)/t15-/m0/s1. The molecule has 24 heavy (non-hydrogen) atoms. The average molecular weight is 322 g/mol. The molecule has 4 nitrogen and oxygen atoms in total. The van der Waals surface area contributed by atoms with Gasteiger partial charge in [-0.25, -0.2) is 0 Å². The summed E-state index contributed by atoms with van der Waals surface area (Å²) in [4.78, 5) is 12.5. The minimum atomic E-state index is -0.641. The summed E-state index contributed by atoms with van der Waals surface area (Å²) in [5.74, 6) is 0.677. The fourth-order valence-corrected chi connectivity index (χ4v) is 2.43. The smallest absolute Gasteiger partial charge is 0.265 e. The largest absolute Gasteiger partial charge is 0.481 e. The van der Waals surface area contributed by atoms with Crippen molar-refractivity contribution < 1.29 is 9.53 Å². The maximum absolute atomic E-state index is 12.5. The first kappa shape index (κ1) is 17.6. The van der Waals surface area contributed by atoms with Crippen LogP contribution in [0.4, 0.5) is 5.69 Å². The van der Waals surface area contributed by atoms with Crippen LogP contribution in [0.2, 0.25) is 0 Å². The molecule has 124 valence electrons. The average Bonchev–Trinajstić information content (AvgIpc) is 2.57. The van der Waals surface area contributed by atoms with Gasteiger partial charge < -0.3 is 10.1 Å². The highest BCUT2D eigenvalue weighted by Gasteiger charge is 2.18. The quantitative estimate of drug-likeness (QED) is 0.887. The number of hydrogen-bond acceptors (Lipinski definition) is 3. The lowest BCUT2D eigenvalue weighted by Gasteiger charge is -2.19. The van der Waals surface area contributed by atoms with Crippen molar-refractivity contribution in [2.45, 2.75) is 39.7 Å². The Balaban J connectivity index is 2.10. The molecule has 0 radical (unpaired) electrons. The van der Waals surface area contributed by atoms with Crippen molar-refractivity contribution in [1.82, 2.24) is 0 Å². The Kier molecular flexibility index (Phi) is 5.59. The summed E-state index contributed by atoms with van der Waals surface area (Å²) in [5, 5.41) is 11.8. The zero-order chi connectivity index (χ0) is 17.7. The van der Waals surface area contributed by atoms with Crippen LogP contribution < -0.4 is 10.1 Å². The van der Waals surface area contributed by atoms with Crippen LogP contribution in [0.5, 0.6) is 5.75 Å². The van der Waals surface area contributed by atoms with E-state index in [2.05, 4.69) is 25.2 Å². The molecule has 0 aliphatic heterocycles. The first-order valence-corrected chi connectivity index (χ1v) is 7.99. The summed E-state index contributed by atoms with van der Waals surface area (Å²) < 4.78 is 5.67. The van der Waals surface area contributed by atoms with Gasteiger partial charge >= 0.3 is 0 Å². The van der Waals surface area contributed by atoms with E-state index in [1.807, 2.05) is 25.1 Å². The minimum absolute atomic E-state index is 0.199. The normalized spacial score (nSPS) is 11.7. The first-order valence-electron chi connectivity index (χ1n) is 7.99. The molecule has 2 rings (SSSR count). The molecule has 0 bridgehead atoms. The second-order valence-corrected chi connectivity index (χ2v) is 6.08. The van der Waals surface area contributed by atoms with E-state index in [1.54, 1.807) is 31.2 Å². The number of carbonyl (C=O) groups is 1. The summed E-state index contributed by atoms with van der Waals surface area (Å²) in [6.45, 7) is 7.89. The number of rotatable bonds is 5. The summed E-state index contributed by atoms with van der Waals surface area (Å²) >= 11 is 0. The Morgan fingerprint density at radius 3 is 2.38 bits per heavy atom. The molecule has 1 atom stereocenters. The van der Waals surface area contributed by atoms with Crippen molar-refractivity contribution in [1.29, 1.82) is 5.26 Å². The molecule has 4 heteroatoms. The van der Waals surface area contributed by atoms with Gasteiger partial charge in [-0.1, -0.05) is 32.0 Å². The van der Waals surface area contributed by atoms with Gasteiger partial charge in [-0.15, -0.1) is 0 Å². The van der Waals surface area contributed by atoms with E-state index in [1.165, 1.54) is 0 Å². The fourth-order valence-electron chi connectivity index (χ4n) is 2.43. The van der Waals surface area contributed by atoms with E-state index in [9.17, 15) is 4.79 Å². The summed E-state index contributed by atoms with van der Waals surface area (Å²) in [6, 6.07) is 14.8. The monoisotopic (exact) mass is 322 g/mol. The molecule has 0 unspecified atom stereocenters. The molecule has 0 spiro atoms. The number of carbonyl (C=O) groups excluding carboxylic acids is 1. The van der Waals surface area contributed by atoms with Crippen LogP contribution in [0, 0.1) is 18.3 Å². The van der Waals surface area contributed by atoms with Gasteiger partial charge in [0.15, 0.2) is 6.10 Å². The highest BCUT2D eigenvalue weighted by atomic mass is 16.5. The third kappa shape index (κ3) is 4.14. The van der Waals surface area contributed by atoms with Crippen LogP contribution in [-0.2, 0) is 4.79 Å². The molecule has 1 amide bonds. The zero-order valence-corrected chi connectivity index (χ0v) is 14.5. The van der Waals surface area contributed by atoms with Crippen LogP contribution >= 0.6 is 0 Å². The molecule has 0 aliphatic carbocycles. The number of aryl methyl sites for hydroxylation is 1. The van der Waals surface area contributed by atoms with Crippen LogP contribution in [0.1, 0.15) is 43.4 Å². The third-order valence-electron chi connectivity index (χ3n) is 3.84. The molecule has 2 aromatic rings. The van der Waals surface area contributed by atoms with Crippen LogP contribution in [0.3, 0.4) is 0 Å². The molecule has 0 fully saturated rings. The lowest BCUT2D eigenvalue weighted by Crippen LogP contribution is -2.30. The highest BCUT2D eigenvalue weighted by Crippen LogP contribution is 2.27. The van der Waals surface area contributed by atoms with Crippen LogP contribution in [0.25, 0.3) is 0 Å². The zero-order valence-electron chi connectivity index (χ0n) is 14.5.